The Morgan fingerprint density at radius 3 is 2.59 bits per heavy atom. The van der Waals surface area contributed by atoms with Crippen LogP contribution >= 0.6 is 0 Å². The summed E-state index contributed by atoms with van der Waals surface area (Å²) in [6.07, 6.45) is 3.71. The molecule has 4 rings (SSSR count). The Morgan fingerprint density at radius 1 is 1.15 bits per heavy atom. The van der Waals surface area contributed by atoms with Gasteiger partial charge in [-0.05, 0) is 24.2 Å². The molecule has 9 heteroatoms. The quantitative estimate of drug-likeness (QED) is 0.803. The van der Waals surface area contributed by atoms with E-state index in [1.807, 2.05) is 0 Å². The van der Waals surface area contributed by atoms with Crippen LogP contribution in [0.4, 0.5) is 5.95 Å². The first-order valence-corrected chi connectivity index (χ1v) is 10.5. The summed E-state index contributed by atoms with van der Waals surface area (Å²) in [4.78, 5) is 13.0. The molecule has 2 aliphatic rings. The smallest absolute Gasteiger partial charge is 0.243 e. The second-order valence-corrected chi connectivity index (χ2v) is 8.62. The van der Waals surface area contributed by atoms with Crippen LogP contribution in [-0.4, -0.2) is 63.1 Å². The van der Waals surface area contributed by atoms with Crippen molar-refractivity contribution in [3.8, 4) is 5.75 Å². The number of fused-ring (bicyclic) bond motifs is 1. The van der Waals surface area contributed by atoms with E-state index >= 15 is 0 Å². The minimum absolute atomic E-state index is 0.0752. The Labute approximate surface area is 159 Å². The van der Waals surface area contributed by atoms with E-state index < -0.39 is 10.0 Å². The normalized spacial score (nSPS) is 17.6. The van der Waals surface area contributed by atoms with Crippen molar-refractivity contribution >= 4 is 16.0 Å². The van der Waals surface area contributed by atoms with Crippen LogP contribution in [0.5, 0.6) is 5.75 Å². The van der Waals surface area contributed by atoms with Gasteiger partial charge in [0, 0.05) is 39.1 Å². The molecule has 8 nitrogen and oxygen atoms in total. The van der Waals surface area contributed by atoms with Crippen LogP contribution in [-0.2, 0) is 23.0 Å². The molecule has 0 bridgehead atoms. The third-order valence-corrected chi connectivity index (χ3v) is 6.38. The Morgan fingerprint density at radius 2 is 1.89 bits per heavy atom. The van der Waals surface area contributed by atoms with Gasteiger partial charge in [-0.3, -0.25) is 4.90 Å². The number of anilines is 1. The molecule has 1 aromatic heterocycles. The molecule has 3 heterocycles. The fourth-order valence-electron chi connectivity index (χ4n) is 3.40. The molecule has 0 saturated carbocycles. The van der Waals surface area contributed by atoms with Crippen LogP contribution < -0.4 is 14.4 Å². The van der Waals surface area contributed by atoms with Gasteiger partial charge >= 0.3 is 0 Å². The molecule has 0 radical (unpaired) electrons. The zero-order valence-corrected chi connectivity index (χ0v) is 16.1. The van der Waals surface area contributed by atoms with Crippen LogP contribution in [0.2, 0.25) is 0 Å². The monoisotopic (exact) mass is 389 g/mol. The Kier molecular flexibility index (Phi) is 4.98. The van der Waals surface area contributed by atoms with E-state index in [2.05, 4.69) is 42.7 Å². The summed E-state index contributed by atoms with van der Waals surface area (Å²) >= 11 is 0. The molecule has 2 aliphatic heterocycles. The molecular weight excluding hydrogens is 366 g/mol. The van der Waals surface area contributed by atoms with Crippen molar-refractivity contribution in [1.29, 1.82) is 0 Å². The third-order valence-electron chi connectivity index (χ3n) is 5.02. The minimum Gasteiger partial charge on any atom is -0.493 e. The molecule has 144 valence electrons. The van der Waals surface area contributed by atoms with Crippen molar-refractivity contribution in [2.45, 2.75) is 17.9 Å². The summed E-state index contributed by atoms with van der Waals surface area (Å²) in [6, 6.07) is 6.51. The highest BCUT2D eigenvalue weighted by Gasteiger charge is 2.21. The molecule has 1 aromatic carbocycles. The van der Waals surface area contributed by atoms with E-state index in [-0.39, 0.29) is 4.90 Å². The summed E-state index contributed by atoms with van der Waals surface area (Å²) < 4.78 is 31.4. The fraction of sp³-hybridized carbons (Fsp3) is 0.444. The maximum atomic E-state index is 11.8. The maximum absolute atomic E-state index is 11.8. The molecule has 0 amide bonds. The predicted molar refractivity (Wildman–Crippen MR) is 101 cm³/mol. The van der Waals surface area contributed by atoms with Crippen molar-refractivity contribution in [1.82, 2.24) is 19.6 Å². The first-order valence-electron chi connectivity index (χ1n) is 9.03. The molecule has 0 spiro atoms. The molecular formula is C18H23N5O3S. The molecule has 0 atom stereocenters. The Bertz CT molecular complexity index is 909. The number of hydrogen-bond acceptors (Lipinski definition) is 7. The SMILES string of the molecule is CNS(=O)(=O)c1cnc(N2CCN(Cc3ccc4c(c3)OCC4)CC2)nc1. The number of hydrogen-bond donors (Lipinski definition) is 1. The van der Waals surface area contributed by atoms with Gasteiger partial charge in [0.15, 0.2) is 0 Å². The largest absolute Gasteiger partial charge is 0.493 e. The lowest BCUT2D eigenvalue weighted by Gasteiger charge is -2.34. The molecule has 1 fully saturated rings. The Balaban J connectivity index is 1.35. The third kappa shape index (κ3) is 3.90. The van der Waals surface area contributed by atoms with Crippen molar-refractivity contribution < 1.29 is 13.2 Å². The number of sulfonamides is 1. The van der Waals surface area contributed by atoms with E-state index in [0.717, 1.165) is 51.5 Å². The lowest BCUT2D eigenvalue weighted by molar-refractivity contribution is 0.248. The van der Waals surface area contributed by atoms with Crippen LogP contribution in [0.25, 0.3) is 0 Å². The second-order valence-electron chi connectivity index (χ2n) is 6.73. The molecule has 0 unspecified atom stereocenters. The highest BCUT2D eigenvalue weighted by molar-refractivity contribution is 7.89. The Hall–Kier alpha value is -2.23. The number of ether oxygens (including phenoxy) is 1. The number of rotatable bonds is 5. The zero-order chi connectivity index (χ0) is 18.9. The van der Waals surface area contributed by atoms with Gasteiger partial charge < -0.3 is 9.64 Å². The molecule has 0 aliphatic carbocycles. The topological polar surface area (TPSA) is 87.7 Å². The van der Waals surface area contributed by atoms with Gasteiger partial charge in [-0.1, -0.05) is 12.1 Å². The van der Waals surface area contributed by atoms with Gasteiger partial charge in [-0.25, -0.2) is 23.1 Å². The summed E-state index contributed by atoms with van der Waals surface area (Å²) in [5.74, 6) is 1.59. The lowest BCUT2D eigenvalue weighted by Crippen LogP contribution is -2.46. The van der Waals surface area contributed by atoms with Gasteiger partial charge in [0.2, 0.25) is 16.0 Å². The van der Waals surface area contributed by atoms with Crippen molar-refractivity contribution in [2.75, 3.05) is 44.7 Å². The average molecular weight is 389 g/mol. The average Bonchev–Trinajstić information content (AvgIpc) is 3.16. The molecule has 2 aromatic rings. The summed E-state index contributed by atoms with van der Waals surface area (Å²) in [5.41, 5.74) is 2.56. The second kappa shape index (κ2) is 7.41. The van der Waals surface area contributed by atoms with E-state index in [4.69, 9.17) is 4.74 Å². The highest BCUT2D eigenvalue weighted by atomic mass is 32.2. The van der Waals surface area contributed by atoms with Gasteiger partial charge in [-0.2, -0.15) is 0 Å². The van der Waals surface area contributed by atoms with Crippen molar-refractivity contribution in [3.05, 3.63) is 41.7 Å². The minimum atomic E-state index is -3.51. The number of nitrogens with zero attached hydrogens (tertiary/aromatic N) is 4. The van der Waals surface area contributed by atoms with Crippen molar-refractivity contribution in [2.24, 2.45) is 0 Å². The maximum Gasteiger partial charge on any atom is 0.243 e. The first-order chi connectivity index (χ1) is 13.0. The highest BCUT2D eigenvalue weighted by Crippen LogP contribution is 2.27. The fourth-order valence-corrected chi connectivity index (χ4v) is 4.02. The van der Waals surface area contributed by atoms with E-state index in [1.54, 1.807) is 0 Å². The van der Waals surface area contributed by atoms with Gasteiger partial charge in [0.05, 0.1) is 19.0 Å². The molecule has 1 N–H and O–H groups in total. The van der Waals surface area contributed by atoms with Crippen molar-refractivity contribution in [3.63, 3.8) is 0 Å². The number of benzene rings is 1. The number of piperazine rings is 1. The number of aromatic nitrogens is 2. The van der Waals surface area contributed by atoms with Crippen LogP contribution in [0.15, 0.2) is 35.5 Å². The van der Waals surface area contributed by atoms with E-state index in [9.17, 15) is 8.42 Å². The van der Waals surface area contributed by atoms with Gasteiger partial charge in [0.25, 0.3) is 0 Å². The lowest BCUT2D eigenvalue weighted by atomic mass is 10.1. The first kappa shape index (κ1) is 18.1. The summed E-state index contributed by atoms with van der Waals surface area (Å²) in [6.45, 7) is 5.09. The predicted octanol–water partition coefficient (Wildman–Crippen LogP) is 0.642. The van der Waals surface area contributed by atoms with Crippen LogP contribution in [0, 0.1) is 0 Å². The van der Waals surface area contributed by atoms with Gasteiger partial charge in [-0.15, -0.1) is 0 Å². The number of nitrogens with one attached hydrogen (secondary N) is 1. The van der Waals surface area contributed by atoms with Gasteiger partial charge in [0.1, 0.15) is 10.6 Å². The molecule has 27 heavy (non-hydrogen) atoms. The van der Waals surface area contributed by atoms with Crippen LogP contribution in [0.3, 0.4) is 0 Å². The molecule has 1 saturated heterocycles. The summed E-state index contributed by atoms with van der Waals surface area (Å²) in [5, 5.41) is 0. The zero-order valence-electron chi connectivity index (χ0n) is 15.3. The van der Waals surface area contributed by atoms with Crippen LogP contribution in [0.1, 0.15) is 11.1 Å². The standard InChI is InChI=1S/C18H23N5O3S/c1-19-27(24,25)16-11-20-18(21-12-16)23-7-5-22(6-8-23)13-14-2-3-15-4-9-26-17(15)10-14/h2-3,10-12,19H,4-9,13H2,1H3. The van der Waals surface area contributed by atoms with E-state index in [1.165, 1.54) is 30.6 Å². The van der Waals surface area contributed by atoms with E-state index in [0.29, 0.717) is 5.95 Å². The summed E-state index contributed by atoms with van der Waals surface area (Å²) in [7, 11) is -2.13.